The minimum Gasteiger partial charge on any atom is -0.457 e. The summed E-state index contributed by atoms with van der Waals surface area (Å²) in [5.41, 5.74) is 1.98. The van der Waals surface area contributed by atoms with Crippen molar-refractivity contribution >= 4 is 11.9 Å². The Morgan fingerprint density at radius 1 is 0.850 bits per heavy atom. The summed E-state index contributed by atoms with van der Waals surface area (Å²) < 4.78 is 5.43. The second-order valence-electron chi connectivity index (χ2n) is 11.7. The maximum Gasteiger partial charge on any atom is 0.338 e. The zero-order valence-corrected chi connectivity index (χ0v) is 22.9. The first-order valence-electron chi connectivity index (χ1n) is 14.6. The van der Waals surface area contributed by atoms with Crippen molar-refractivity contribution in [3.05, 3.63) is 107 Å². The minimum absolute atomic E-state index is 0.0258. The number of carbonyl (C=O) groups excluding carboxylic acids is 2. The highest BCUT2D eigenvalue weighted by Crippen LogP contribution is 2.47. The van der Waals surface area contributed by atoms with Crippen molar-refractivity contribution in [1.29, 1.82) is 0 Å². The molecule has 3 aliphatic rings. The maximum absolute atomic E-state index is 13.5. The lowest BCUT2D eigenvalue weighted by Gasteiger charge is -2.33. The topological polar surface area (TPSA) is 78.9 Å². The SMILES string of the molecule is O=C(OCc1ccccc1)c1ccc(CCN2CC3[C@H](C2)[C@H]3NC(=O)C(O)(c2ccccc2)C2CCCC2)cc1. The molecule has 2 saturated carbocycles. The van der Waals surface area contributed by atoms with Crippen LogP contribution in [0, 0.1) is 17.8 Å². The van der Waals surface area contributed by atoms with Gasteiger partial charge in [-0.2, -0.15) is 0 Å². The van der Waals surface area contributed by atoms with E-state index >= 15 is 0 Å². The molecule has 208 valence electrons. The number of rotatable bonds is 10. The molecule has 0 spiro atoms. The molecule has 6 nitrogen and oxygen atoms in total. The first-order valence-corrected chi connectivity index (χ1v) is 14.6. The average Bonchev–Trinajstić information content (AvgIpc) is 3.39. The van der Waals surface area contributed by atoms with Crippen molar-refractivity contribution in [2.24, 2.45) is 17.8 Å². The lowest BCUT2D eigenvalue weighted by molar-refractivity contribution is -0.147. The Labute approximate surface area is 236 Å². The molecule has 3 aromatic rings. The van der Waals surface area contributed by atoms with E-state index in [1.54, 1.807) is 0 Å². The summed E-state index contributed by atoms with van der Waals surface area (Å²) in [6, 6.07) is 27.0. The van der Waals surface area contributed by atoms with Crippen LogP contribution in [0.5, 0.6) is 0 Å². The fourth-order valence-electron chi connectivity index (χ4n) is 6.76. The van der Waals surface area contributed by atoms with Crippen LogP contribution in [0.15, 0.2) is 84.9 Å². The fourth-order valence-corrected chi connectivity index (χ4v) is 6.76. The van der Waals surface area contributed by atoms with Crippen LogP contribution in [0.2, 0.25) is 0 Å². The van der Waals surface area contributed by atoms with Gasteiger partial charge in [0.2, 0.25) is 0 Å². The Hall–Kier alpha value is -3.48. The quantitative estimate of drug-likeness (QED) is 0.366. The van der Waals surface area contributed by atoms with E-state index in [2.05, 4.69) is 10.2 Å². The fraction of sp³-hybridized carbons (Fsp3) is 0.412. The molecule has 2 aliphatic carbocycles. The normalized spacial score (nSPS) is 23.8. The number of fused-ring (bicyclic) bond motifs is 1. The first kappa shape index (κ1) is 26.7. The van der Waals surface area contributed by atoms with E-state index in [1.165, 1.54) is 5.56 Å². The van der Waals surface area contributed by atoms with Gasteiger partial charge in [-0.05, 0) is 59.9 Å². The number of nitrogens with one attached hydrogen (secondary N) is 1. The second-order valence-corrected chi connectivity index (χ2v) is 11.7. The summed E-state index contributed by atoms with van der Waals surface area (Å²) in [7, 11) is 0. The summed E-state index contributed by atoms with van der Waals surface area (Å²) in [6.07, 6.45) is 4.82. The summed E-state index contributed by atoms with van der Waals surface area (Å²) >= 11 is 0. The zero-order valence-electron chi connectivity index (χ0n) is 22.9. The van der Waals surface area contributed by atoms with Gasteiger partial charge in [0.1, 0.15) is 6.61 Å². The van der Waals surface area contributed by atoms with Crippen LogP contribution in [0.25, 0.3) is 0 Å². The summed E-state index contributed by atoms with van der Waals surface area (Å²) in [6.45, 7) is 3.15. The van der Waals surface area contributed by atoms with Gasteiger partial charge in [0, 0.05) is 31.6 Å². The first-order chi connectivity index (χ1) is 19.5. The van der Waals surface area contributed by atoms with Crippen molar-refractivity contribution in [3.63, 3.8) is 0 Å². The number of likely N-dealkylation sites (tertiary alicyclic amines) is 1. The lowest BCUT2D eigenvalue weighted by Crippen LogP contribution is -2.51. The monoisotopic (exact) mass is 538 g/mol. The van der Waals surface area contributed by atoms with Gasteiger partial charge in [-0.15, -0.1) is 0 Å². The number of hydrogen-bond acceptors (Lipinski definition) is 5. The molecular weight excluding hydrogens is 500 g/mol. The van der Waals surface area contributed by atoms with E-state index in [0.717, 1.165) is 57.3 Å². The third-order valence-corrected chi connectivity index (χ3v) is 9.19. The molecule has 1 aliphatic heterocycles. The summed E-state index contributed by atoms with van der Waals surface area (Å²) in [5.74, 6) is 0.347. The van der Waals surface area contributed by atoms with Crippen LogP contribution in [0.4, 0.5) is 0 Å². The third-order valence-electron chi connectivity index (χ3n) is 9.19. The number of benzene rings is 3. The van der Waals surface area contributed by atoms with Gasteiger partial charge in [0.05, 0.1) is 5.56 Å². The molecule has 0 bridgehead atoms. The summed E-state index contributed by atoms with van der Waals surface area (Å²) in [4.78, 5) is 28.4. The van der Waals surface area contributed by atoms with Crippen molar-refractivity contribution in [2.45, 2.75) is 50.4 Å². The number of ether oxygens (including phenoxy) is 1. The molecule has 3 aromatic carbocycles. The summed E-state index contributed by atoms with van der Waals surface area (Å²) in [5, 5.41) is 15.0. The number of aliphatic hydroxyl groups is 1. The highest BCUT2D eigenvalue weighted by atomic mass is 16.5. The molecule has 1 heterocycles. The van der Waals surface area contributed by atoms with Gasteiger partial charge in [-0.1, -0.05) is 85.6 Å². The third kappa shape index (κ3) is 5.56. The highest BCUT2D eigenvalue weighted by molar-refractivity contribution is 5.89. The molecule has 2 unspecified atom stereocenters. The molecule has 2 N–H and O–H groups in total. The van der Waals surface area contributed by atoms with Gasteiger partial charge in [-0.25, -0.2) is 4.79 Å². The van der Waals surface area contributed by atoms with Crippen LogP contribution in [0.1, 0.15) is 52.7 Å². The van der Waals surface area contributed by atoms with E-state index in [9.17, 15) is 14.7 Å². The molecule has 0 radical (unpaired) electrons. The van der Waals surface area contributed by atoms with Crippen molar-refractivity contribution in [1.82, 2.24) is 10.2 Å². The van der Waals surface area contributed by atoms with E-state index in [0.29, 0.717) is 23.0 Å². The van der Waals surface area contributed by atoms with E-state index < -0.39 is 5.60 Å². The molecule has 6 rings (SSSR count). The number of carbonyl (C=O) groups is 2. The highest BCUT2D eigenvalue weighted by Gasteiger charge is 2.58. The molecule has 1 saturated heterocycles. The Kier molecular flexibility index (Phi) is 7.72. The van der Waals surface area contributed by atoms with Crippen molar-refractivity contribution < 1.29 is 19.4 Å². The molecule has 6 heteroatoms. The Bertz CT molecular complexity index is 1290. The largest absolute Gasteiger partial charge is 0.457 e. The Morgan fingerprint density at radius 3 is 2.12 bits per heavy atom. The Morgan fingerprint density at radius 2 is 1.48 bits per heavy atom. The molecular formula is C34H38N2O4. The number of esters is 1. The predicted octanol–water partition coefficient (Wildman–Crippen LogP) is 4.71. The second kappa shape index (κ2) is 11.6. The number of amides is 1. The molecule has 3 fully saturated rings. The Balaban J connectivity index is 0.966. The predicted molar refractivity (Wildman–Crippen MR) is 153 cm³/mol. The molecule has 1 amide bonds. The molecule has 4 atom stereocenters. The van der Waals surface area contributed by atoms with Crippen LogP contribution in [-0.4, -0.2) is 47.6 Å². The van der Waals surface area contributed by atoms with Crippen LogP contribution >= 0.6 is 0 Å². The van der Waals surface area contributed by atoms with E-state index in [-0.39, 0.29) is 30.4 Å². The number of nitrogens with zero attached hydrogens (tertiary/aromatic N) is 1. The number of hydrogen-bond donors (Lipinski definition) is 2. The standard InChI is InChI=1S/C34H38N2O4/c37-32(40-23-25-9-3-1-4-10-25)26-17-15-24(16-18-26)19-20-36-21-29-30(22-36)31(29)35-33(38)34(39,28-13-7-8-14-28)27-11-5-2-6-12-27/h1-6,9-12,15-18,28-31,39H,7-8,13-14,19-23H2,(H,35,38)/t29-,30?,31+,34?/m0/s1. The number of piperidine rings is 1. The van der Waals surface area contributed by atoms with Gasteiger partial charge < -0.3 is 20.1 Å². The minimum atomic E-state index is -1.45. The van der Waals surface area contributed by atoms with Crippen LogP contribution < -0.4 is 5.32 Å². The average molecular weight is 539 g/mol. The van der Waals surface area contributed by atoms with Crippen LogP contribution in [0.3, 0.4) is 0 Å². The molecule has 0 aromatic heterocycles. The van der Waals surface area contributed by atoms with Crippen molar-refractivity contribution in [3.8, 4) is 0 Å². The van der Waals surface area contributed by atoms with Gasteiger partial charge in [0.25, 0.3) is 5.91 Å². The smallest absolute Gasteiger partial charge is 0.338 e. The maximum atomic E-state index is 13.5. The zero-order chi connectivity index (χ0) is 27.5. The van der Waals surface area contributed by atoms with Crippen molar-refractivity contribution in [2.75, 3.05) is 19.6 Å². The van der Waals surface area contributed by atoms with Crippen LogP contribution in [-0.2, 0) is 28.2 Å². The van der Waals surface area contributed by atoms with E-state index in [1.807, 2.05) is 84.9 Å². The van der Waals surface area contributed by atoms with Gasteiger partial charge in [0.15, 0.2) is 5.60 Å². The van der Waals surface area contributed by atoms with E-state index in [4.69, 9.17) is 4.74 Å². The molecule has 40 heavy (non-hydrogen) atoms. The van der Waals surface area contributed by atoms with Gasteiger partial charge in [-0.3, -0.25) is 4.79 Å². The lowest BCUT2D eigenvalue weighted by atomic mass is 9.79. The van der Waals surface area contributed by atoms with Gasteiger partial charge >= 0.3 is 5.97 Å².